The highest BCUT2D eigenvalue weighted by atomic mass is 15.2. The van der Waals surface area contributed by atoms with Crippen molar-refractivity contribution in [1.29, 1.82) is 0 Å². The molecule has 0 radical (unpaired) electrons. The average Bonchev–Trinajstić information content (AvgIpc) is 3.32. The van der Waals surface area contributed by atoms with Crippen molar-refractivity contribution >= 4 is 0 Å². The molecule has 0 N–H and O–H groups in total. The SMILES string of the molecule is CCCCCCCCCCCCCCCCC(C)n1cc[n+](CCCCCCCCCCC)c1C(C)C. The van der Waals surface area contributed by atoms with Gasteiger partial charge in [0.2, 0.25) is 0 Å². The van der Waals surface area contributed by atoms with Gasteiger partial charge in [0, 0.05) is 0 Å². The Morgan fingerprint density at radius 1 is 0.541 bits per heavy atom. The molecular weight excluding hydrogens is 448 g/mol. The zero-order chi connectivity index (χ0) is 27.0. The molecule has 37 heavy (non-hydrogen) atoms. The van der Waals surface area contributed by atoms with Gasteiger partial charge < -0.3 is 0 Å². The molecule has 0 saturated heterocycles. The van der Waals surface area contributed by atoms with Crippen molar-refractivity contribution in [2.24, 2.45) is 0 Å². The molecule has 0 aliphatic rings. The molecule has 0 bridgehead atoms. The molecule has 2 heteroatoms. The van der Waals surface area contributed by atoms with Crippen molar-refractivity contribution in [2.45, 2.75) is 207 Å². The number of hydrogen-bond acceptors (Lipinski definition) is 0. The number of rotatable bonds is 27. The number of hydrogen-bond donors (Lipinski definition) is 0. The van der Waals surface area contributed by atoms with Crippen molar-refractivity contribution in [3.05, 3.63) is 18.2 Å². The van der Waals surface area contributed by atoms with Crippen LogP contribution in [0.2, 0.25) is 0 Å². The third-order valence-corrected chi connectivity index (χ3v) is 8.44. The van der Waals surface area contributed by atoms with Crippen LogP contribution >= 0.6 is 0 Å². The minimum Gasteiger partial charge on any atom is -0.234 e. The second-order valence-electron chi connectivity index (χ2n) is 12.5. The van der Waals surface area contributed by atoms with E-state index in [2.05, 4.69) is 56.1 Å². The molecule has 1 heterocycles. The summed E-state index contributed by atoms with van der Waals surface area (Å²) in [6, 6.07) is 0.624. The Bertz CT molecular complexity index is 602. The zero-order valence-electron chi connectivity index (χ0n) is 26.4. The smallest absolute Gasteiger partial charge is 0.234 e. The van der Waals surface area contributed by atoms with Gasteiger partial charge in [0.05, 0.1) is 18.5 Å². The number of imidazole rings is 1. The van der Waals surface area contributed by atoms with E-state index in [0.717, 1.165) is 0 Å². The second kappa shape index (κ2) is 24.3. The summed E-state index contributed by atoms with van der Waals surface area (Å²) >= 11 is 0. The molecule has 0 aliphatic heterocycles. The third-order valence-electron chi connectivity index (χ3n) is 8.44. The molecule has 0 aromatic carbocycles. The molecular formula is C35H69N2+. The van der Waals surface area contributed by atoms with Gasteiger partial charge in [-0.3, -0.25) is 0 Å². The average molecular weight is 518 g/mol. The molecule has 0 fully saturated rings. The van der Waals surface area contributed by atoms with Gasteiger partial charge in [0.15, 0.2) is 0 Å². The fourth-order valence-corrected chi connectivity index (χ4v) is 6.01. The van der Waals surface area contributed by atoms with Crippen LogP contribution in [0.1, 0.15) is 207 Å². The van der Waals surface area contributed by atoms with Crippen LogP contribution in [0.3, 0.4) is 0 Å². The Hall–Kier alpha value is -0.790. The Morgan fingerprint density at radius 2 is 0.919 bits per heavy atom. The molecule has 1 aromatic heterocycles. The quantitative estimate of drug-likeness (QED) is 0.0810. The van der Waals surface area contributed by atoms with Crippen LogP contribution in [0.15, 0.2) is 12.4 Å². The van der Waals surface area contributed by atoms with Crippen molar-refractivity contribution in [3.63, 3.8) is 0 Å². The lowest BCUT2D eigenvalue weighted by molar-refractivity contribution is -0.705. The van der Waals surface area contributed by atoms with Gasteiger partial charge >= 0.3 is 0 Å². The van der Waals surface area contributed by atoms with Gasteiger partial charge in [-0.2, -0.15) is 0 Å². The van der Waals surface area contributed by atoms with Gasteiger partial charge in [-0.15, -0.1) is 0 Å². The summed E-state index contributed by atoms with van der Waals surface area (Å²) in [6.07, 6.45) is 38.9. The fraction of sp³-hybridized carbons (Fsp3) is 0.914. The molecule has 0 amide bonds. The summed E-state index contributed by atoms with van der Waals surface area (Å²) in [6.45, 7) is 13.0. The highest BCUT2D eigenvalue weighted by Gasteiger charge is 2.23. The van der Waals surface area contributed by atoms with Gasteiger partial charge in [0.25, 0.3) is 5.82 Å². The number of nitrogens with zero attached hydrogens (tertiary/aromatic N) is 2. The van der Waals surface area contributed by atoms with Crippen LogP contribution in [0, 0.1) is 0 Å². The number of unbranched alkanes of at least 4 members (excludes halogenated alkanes) is 21. The summed E-state index contributed by atoms with van der Waals surface area (Å²) in [7, 11) is 0. The Labute approximate surface area is 234 Å². The largest absolute Gasteiger partial charge is 0.259 e. The lowest BCUT2D eigenvalue weighted by Gasteiger charge is -2.14. The summed E-state index contributed by atoms with van der Waals surface area (Å²) < 4.78 is 5.16. The predicted molar refractivity (Wildman–Crippen MR) is 166 cm³/mol. The minimum absolute atomic E-state index is 0.590. The summed E-state index contributed by atoms with van der Waals surface area (Å²) in [5.74, 6) is 2.13. The molecule has 0 spiro atoms. The maximum Gasteiger partial charge on any atom is 0.259 e. The highest BCUT2D eigenvalue weighted by molar-refractivity contribution is 4.92. The maximum absolute atomic E-state index is 2.60. The van der Waals surface area contributed by atoms with Gasteiger partial charge in [0.1, 0.15) is 12.4 Å². The van der Waals surface area contributed by atoms with Crippen LogP contribution in [-0.4, -0.2) is 4.57 Å². The van der Waals surface area contributed by atoms with E-state index in [1.54, 1.807) is 0 Å². The summed E-state index contributed by atoms with van der Waals surface area (Å²) in [5.41, 5.74) is 0. The van der Waals surface area contributed by atoms with E-state index < -0.39 is 0 Å². The van der Waals surface area contributed by atoms with E-state index in [1.807, 2.05) is 0 Å². The van der Waals surface area contributed by atoms with Crippen LogP contribution in [-0.2, 0) is 6.54 Å². The number of aromatic nitrogens is 2. The maximum atomic E-state index is 2.60. The van der Waals surface area contributed by atoms with Crippen molar-refractivity contribution in [3.8, 4) is 0 Å². The molecule has 0 saturated carbocycles. The van der Waals surface area contributed by atoms with E-state index >= 15 is 0 Å². The topological polar surface area (TPSA) is 8.81 Å². The molecule has 1 unspecified atom stereocenters. The first kappa shape index (κ1) is 34.2. The van der Waals surface area contributed by atoms with Crippen LogP contribution in [0.4, 0.5) is 0 Å². The van der Waals surface area contributed by atoms with Crippen molar-refractivity contribution < 1.29 is 4.57 Å². The zero-order valence-corrected chi connectivity index (χ0v) is 26.4. The first-order valence-corrected chi connectivity index (χ1v) is 17.2. The van der Waals surface area contributed by atoms with Crippen molar-refractivity contribution in [2.75, 3.05) is 0 Å². The molecule has 2 nitrogen and oxygen atoms in total. The molecule has 218 valence electrons. The Kier molecular flexibility index (Phi) is 22.5. The first-order chi connectivity index (χ1) is 18.1. The lowest BCUT2D eigenvalue weighted by Crippen LogP contribution is -2.38. The molecule has 1 aromatic rings. The normalized spacial score (nSPS) is 12.6. The van der Waals surface area contributed by atoms with Crippen LogP contribution in [0.5, 0.6) is 0 Å². The Balaban J connectivity index is 2.14. The van der Waals surface area contributed by atoms with E-state index in [0.29, 0.717) is 12.0 Å². The molecule has 1 atom stereocenters. The standard InChI is InChI=1S/C35H69N2/c1-6-8-10-12-14-16-17-18-19-20-21-23-25-27-29-34(5)37-32-31-36(35(37)33(3)4)30-28-26-24-22-15-13-11-9-7-2/h31-34H,6-30H2,1-5H3/q+1. The predicted octanol–water partition coefficient (Wildman–Crippen LogP) is 11.9. The van der Waals surface area contributed by atoms with E-state index in [9.17, 15) is 0 Å². The molecule has 1 rings (SSSR count). The monoisotopic (exact) mass is 518 g/mol. The van der Waals surface area contributed by atoms with E-state index in [-0.39, 0.29) is 0 Å². The fourth-order valence-electron chi connectivity index (χ4n) is 6.01. The summed E-state index contributed by atoms with van der Waals surface area (Å²) in [5, 5.41) is 0. The number of aryl methyl sites for hydroxylation is 1. The Morgan fingerprint density at radius 3 is 1.32 bits per heavy atom. The van der Waals surface area contributed by atoms with Crippen molar-refractivity contribution in [1.82, 2.24) is 4.57 Å². The van der Waals surface area contributed by atoms with E-state index in [4.69, 9.17) is 0 Å². The van der Waals surface area contributed by atoms with E-state index in [1.165, 1.54) is 166 Å². The second-order valence-corrected chi connectivity index (χ2v) is 12.5. The molecule has 0 aliphatic carbocycles. The summed E-state index contributed by atoms with van der Waals surface area (Å²) in [4.78, 5) is 0. The van der Waals surface area contributed by atoms with Gasteiger partial charge in [-0.05, 0) is 32.6 Å². The highest BCUT2D eigenvalue weighted by Crippen LogP contribution is 2.22. The van der Waals surface area contributed by atoms with Crippen LogP contribution < -0.4 is 4.57 Å². The van der Waals surface area contributed by atoms with Gasteiger partial charge in [-0.1, -0.05) is 156 Å². The third kappa shape index (κ3) is 17.4. The van der Waals surface area contributed by atoms with Crippen LogP contribution in [0.25, 0.3) is 0 Å². The van der Waals surface area contributed by atoms with Gasteiger partial charge in [-0.25, -0.2) is 9.13 Å². The lowest BCUT2D eigenvalue weighted by atomic mass is 10.0. The first-order valence-electron chi connectivity index (χ1n) is 17.2. The minimum atomic E-state index is 0.590.